The van der Waals surface area contributed by atoms with Crippen molar-refractivity contribution >= 4 is 34.2 Å². The molecule has 3 heterocycles. The summed E-state index contributed by atoms with van der Waals surface area (Å²) in [6, 6.07) is 5.95. The van der Waals surface area contributed by atoms with Gasteiger partial charge in [-0.05, 0) is 60.0 Å². The number of halogens is 1. The maximum Gasteiger partial charge on any atom is 0.248 e. The van der Waals surface area contributed by atoms with Crippen LogP contribution in [0.3, 0.4) is 0 Å². The Hall–Kier alpha value is -4.34. The van der Waals surface area contributed by atoms with Crippen molar-refractivity contribution in [1.29, 1.82) is 0 Å². The Morgan fingerprint density at radius 2 is 2.00 bits per heavy atom. The standard InChI is InChI=1S/C24H22FN7O2/c1-11-3-13(23(27)33)4-18(25)21(11)19-5-12-6-20(28-9-17(12)22(26)30-19)31-24(34)16-7-15(16)14-8-29-32(2)10-14/h3-6,8-10,15-16H,7H2,1-2H3,(H2,26,30)(H2,27,33)(H,28,31,34)/t15-,16+/m1/s1. The van der Waals surface area contributed by atoms with Crippen LogP contribution >= 0.6 is 0 Å². The Labute approximate surface area is 194 Å². The minimum Gasteiger partial charge on any atom is -0.383 e. The van der Waals surface area contributed by atoms with Crippen LogP contribution in [0.2, 0.25) is 0 Å². The van der Waals surface area contributed by atoms with Crippen LogP contribution in [0, 0.1) is 18.7 Å². The number of amides is 2. The van der Waals surface area contributed by atoms with E-state index in [-0.39, 0.29) is 34.7 Å². The van der Waals surface area contributed by atoms with Gasteiger partial charge in [0.15, 0.2) is 0 Å². The van der Waals surface area contributed by atoms with Crippen LogP contribution in [0.25, 0.3) is 22.0 Å². The average molecular weight is 459 g/mol. The number of aromatic nitrogens is 4. The molecule has 0 saturated heterocycles. The molecule has 9 nitrogen and oxygen atoms in total. The van der Waals surface area contributed by atoms with E-state index >= 15 is 0 Å². The lowest BCUT2D eigenvalue weighted by molar-refractivity contribution is -0.117. The van der Waals surface area contributed by atoms with Gasteiger partial charge in [-0.15, -0.1) is 0 Å². The van der Waals surface area contributed by atoms with Gasteiger partial charge in [-0.25, -0.2) is 14.4 Å². The van der Waals surface area contributed by atoms with Crippen molar-refractivity contribution in [2.24, 2.45) is 18.7 Å². The van der Waals surface area contributed by atoms with E-state index in [0.29, 0.717) is 27.8 Å². The number of nitrogens with one attached hydrogen (secondary N) is 1. The number of nitrogens with two attached hydrogens (primary N) is 2. The molecular weight excluding hydrogens is 437 g/mol. The summed E-state index contributed by atoms with van der Waals surface area (Å²) in [4.78, 5) is 32.8. The van der Waals surface area contributed by atoms with Gasteiger partial charge in [-0.2, -0.15) is 5.10 Å². The summed E-state index contributed by atoms with van der Waals surface area (Å²) in [6.45, 7) is 1.67. The zero-order valence-electron chi connectivity index (χ0n) is 18.5. The van der Waals surface area contributed by atoms with Crippen molar-refractivity contribution in [3.8, 4) is 11.3 Å². The number of anilines is 2. The van der Waals surface area contributed by atoms with E-state index in [2.05, 4.69) is 20.4 Å². The number of nitrogens with zero attached hydrogens (tertiary/aromatic N) is 4. The van der Waals surface area contributed by atoms with Gasteiger partial charge in [0.05, 0.1) is 11.9 Å². The molecule has 0 radical (unpaired) electrons. The minimum absolute atomic E-state index is 0.0753. The lowest BCUT2D eigenvalue weighted by Gasteiger charge is -2.12. The van der Waals surface area contributed by atoms with Crippen molar-refractivity contribution in [3.63, 3.8) is 0 Å². The summed E-state index contributed by atoms with van der Waals surface area (Å²) in [5.41, 5.74) is 13.5. The molecule has 0 unspecified atom stereocenters. The number of aryl methyl sites for hydroxylation is 2. The number of carbonyl (C=O) groups excluding carboxylic acids is 2. The van der Waals surface area contributed by atoms with Crippen LogP contribution in [0.15, 0.2) is 42.9 Å². The van der Waals surface area contributed by atoms with Crippen LogP contribution in [0.1, 0.15) is 33.8 Å². The highest BCUT2D eigenvalue weighted by molar-refractivity contribution is 5.99. The molecule has 5 N–H and O–H groups in total. The summed E-state index contributed by atoms with van der Waals surface area (Å²) >= 11 is 0. The normalized spacial score (nSPS) is 17.0. The van der Waals surface area contributed by atoms with Crippen molar-refractivity contribution < 1.29 is 14.0 Å². The lowest BCUT2D eigenvalue weighted by Crippen LogP contribution is -2.15. The van der Waals surface area contributed by atoms with E-state index in [1.54, 1.807) is 29.9 Å². The van der Waals surface area contributed by atoms with Crippen LogP contribution in [-0.4, -0.2) is 31.6 Å². The first-order valence-corrected chi connectivity index (χ1v) is 10.7. The van der Waals surface area contributed by atoms with E-state index in [1.165, 1.54) is 12.3 Å². The molecule has 0 aliphatic heterocycles. The number of rotatable bonds is 5. The Bertz CT molecular complexity index is 1460. The number of hydrogen-bond donors (Lipinski definition) is 3. The van der Waals surface area contributed by atoms with Gasteiger partial charge in [0.1, 0.15) is 17.5 Å². The van der Waals surface area contributed by atoms with E-state index in [4.69, 9.17) is 11.5 Å². The summed E-state index contributed by atoms with van der Waals surface area (Å²) in [6.07, 6.45) is 5.98. The van der Waals surface area contributed by atoms with Crippen LogP contribution < -0.4 is 16.8 Å². The average Bonchev–Trinajstić information content (AvgIpc) is 3.46. The molecule has 1 saturated carbocycles. The third kappa shape index (κ3) is 3.83. The smallest absolute Gasteiger partial charge is 0.248 e. The molecule has 2 atom stereocenters. The topological polar surface area (TPSA) is 142 Å². The molecule has 10 heteroatoms. The molecule has 1 aliphatic carbocycles. The highest BCUT2D eigenvalue weighted by Crippen LogP contribution is 2.47. The Morgan fingerprint density at radius 3 is 2.68 bits per heavy atom. The lowest BCUT2D eigenvalue weighted by atomic mass is 9.99. The molecule has 5 rings (SSSR count). The second-order valence-corrected chi connectivity index (χ2v) is 8.58. The van der Waals surface area contributed by atoms with Crippen molar-refractivity contribution in [2.75, 3.05) is 11.1 Å². The second kappa shape index (κ2) is 7.91. The number of hydrogen-bond acceptors (Lipinski definition) is 6. The van der Waals surface area contributed by atoms with Crippen molar-refractivity contribution in [3.05, 3.63) is 65.4 Å². The number of carbonyl (C=O) groups is 2. The molecule has 0 bridgehead atoms. The third-order valence-corrected chi connectivity index (χ3v) is 6.10. The number of pyridine rings is 2. The molecule has 1 aromatic carbocycles. The fourth-order valence-corrected chi connectivity index (χ4v) is 4.28. The predicted octanol–water partition coefficient (Wildman–Crippen LogP) is 2.90. The van der Waals surface area contributed by atoms with Gasteiger partial charge in [0, 0.05) is 41.9 Å². The summed E-state index contributed by atoms with van der Waals surface area (Å²) in [5.74, 6) is -0.908. The maximum absolute atomic E-state index is 14.9. The second-order valence-electron chi connectivity index (χ2n) is 8.58. The first-order valence-electron chi connectivity index (χ1n) is 10.7. The first kappa shape index (κ1) is 21.5. The molecule has 172 valence electrons. The fraction of sp³-hybridized carbons (Fsp3) is 0.208. The van der Waals surface area contributed by atoms with E-state index in [1.807, 2.05) is 13.2 Å². The molecule has 4 aromatic rings. The van der Waals surface area contributed by atoms with Gasteiger partial charge in [-0.1, -0.05) is 0 Å². The van der Waals surface area contributed by atoms with Gasteiger partial charge in [0.25, 0.3) is 0 Å². The fourth-order valence-electron chi connectivity index (χ4n) is 4.28. The van der Waals surface area contributed by atoms with Gasteiger partial charge >= 0.3 is 0 Å². The van der Waals surface area contributed by atoms with Crippen LogP contribution in [0.5, 0.6) is 0 Å². The van der Waals surface area contributed by atoms with E-state index < -0.39 is 11.7 Å². The molecule has 34 heavy (non-hydrogen) atoms. The summed E-state index contributed by atoms with van der Waals surface area (Å²) in [5, 5.41) is 8.24. The van der Waals surface area contributed by atoms with Crippen LogP contribution in [-0.2, 0) is 11.8 Å². The molecular formula is C24H22FN7O2. The molecule has 0 spiro atoms. The number of benzene rings is 1. The maximum atomic E-state index is 14.9. The number of primary amides is 1. The summed E-state index contributed by atoms with van der Waals surface area (Å²) in [7, 11) is 1.84. The van der Waals surface area contributed by atoms with Crippen molar-refractivity contribution in [2.45, 2.75) is 19.3 Å². The Kier molecular flexibility index (Phi) is 5.00. The molecule has 3 aromatic heterocycles. The van der Waals surface area contributed by atoms with E-state index in [9.17, 15) is 14.0 Å². The van der Waals surface area contributed by atoms with Gasteiger partial charge in [0.2, 0.25) is 11.8 Å². The minimum atomic E-state index is -0.715. The quantitative estimate of drug-likeness (QED) is 0.419. The summed E-state index contributed by atoms with van der Waals surface area (Å²) < 4.78 is 16.6. The monoisotopic (exact) mass is 459 g/mol. The largest absolute Gasteiger partial charge is 0.383 e. The van der Waals surface area contributed by atoms with Crippen LogP contribution in [0.4, 0.5) is 16.0 Å². The highest BCUT2D eigenvalue weighted by atomic mass is 19.1. The first-order chi connectivity index (χ1) is 16.2. The zero-order chi connectivity index (χ0) is 24.1. The van der Waals surface area contributed by atoms with Gasteiger partial charge < -0.3 is 16.8 Å². The highest BCUT2D eigenvalue weighted by Gasteiger charge is 2.44. The SMILES string of the molecule is Cc1cc(C(N)=O)cc(F)c1-c1cc2cc(NC(=O)[C@H]3C[C@@H]3c3cnn(C)c3)ncc2c(N)n1. The number of fused-ring (bicyclic) bond motifs is 1. The molecule has 1 aliphatic rings. The van der Waals surface area contributed by atoms with Crippen molar-refractivity contribution in [1.82, 2.24) is 19.7 Å². The zero-order valence-corrected chi connectivity index (χ0v) is 18.5. The molecule has 1 fully saturated rings. The van der Waals surface area contributed by atoms with Gasteiger partial charge in [-0.3, -0.25) is 14.3 Å². The third-order valence-electron chi connectivity index (χ3n) is 6.10. The Morgan fingerprint density at radius 1 is 1.21 bits per heavy atom. The predicted molar refractivity (Wildman–Crippen MR) is 125 cm³/mol. The number of nitrogen functional groups attached to an aromatic ring is 1. The molecule has 2 amide bonds. The Balaban J connectivity index is 1.44. The van der Waals surface area contributed by atoms with E-state index in [0.717, 1.165) is 18.1 Å².